The van der Waals surface area contributed by atoms with Crippen LogP contribution < -0.4 is 0 Å². The van der Waals surface area contributed by atoms with E-state index >= 15 is 0 Å². The van der Waals surface area contributed by atoms with Crippen LogP contribution in [0.15, 0.2) is 53.4 Å². The zero-order valence-corrected chi connectivity index (χ0v) is 21.0. The van der Waals surface area contributed by atoms with E-state index in [2.05, 4.69) is 6.07 Å². The first-order valence-electron chi connectivity index (χ1n) is 12.3. The predicted octanol–water partition coefficient (Wildman–Crippen LogP) is 5.16. The van der Waals surface area contributed by atoms with Gasteiger partial charge in [0.05, 0.1) is 21.2 Å². The maximum Gasteiger partial charge on any atom is 0.243 e. The summed E-state index contributed by atoms with van der Waals surface area (Å²) in [7, 11) is -3.44. The summed E-state index contributed by atoms with van der Waals surface area (Å²) in [6.45, 7) is 1.97. The average molecular weight is 498 g/mol. The molecule has 1 amide bonds. The molecule has 34 heavy (non-hydrogen) atoms. The second-order valence-corrected chi connectivity index (χ2v) is 12.2. The van der Waals surface area contributed by atoms with E-state index in [1.54, 1.807) is 27.8 Å². The molecule has 0 N–H and O–H groups in total. The molecule has 2 aromatic carbocycles. The number of benzene rings is 2. The van der Waals surface area contributed by atoms with Gasteiger partial charge in [-0.05, 0) is 61.9 Å². The molecule has 6 nitrogen and oxygen atoms in total. The van der Waals surface area contributed by atoms with Crippen molar-refractivity contribution in [3.63, 3.8) is 0 Å². The zero-order valence-electron chi connectivity index (χ0n) is 19.4. The quantitative estimate of drug-likeness (QED) is 0.472. The number of aromatic nitrogens is 1. The van der Waals surface area contributed by atoms with E-state index in [-0.39, 0.29) is 11.9 Å². The Morgan fingerprint density at radius 3 is 2.41 bits per heavy atom. The van der Waals surface area contributed by atoms with Crippen LogP contribution in [0.25, 0.3) is 10.2 Å². The molecule has 0 unspecified atom stereocenters. The summed E-state index contributed by atoms with van der Waals surface area (Å²) in [4.78, 5) is 20.2. The highest BCUT2D eigenvalue weighted by atomic mass is 32.2. The molecule has 1 atom stereocenters. The van der Waals surface area contributed by atoms with Crippen LogP contribution in [0.4, 0.5) is 0 Å². The van der Waals surface area contributed by atoms with Crippen molar-refractivity contribution in [2.24, 2.45) is 0 Å². The minimum absolute atomic E-state index is 0.0612. The van der Waals surface area contributed by atoms with Gasteiger partial charge in [0.2, 0.25) is 15.9 Å². The van der Waals surface area contributed by atoms with Crippen molar-refractivity contribution in [1.82, 2.24) is 14.2 Å². The Hall–Kier alpha value is -2.29. The lowest BCUT2D eigenvalue weighted by Gasteiger charge is -2.23. The number of hydrogen-bond donors (Lipinski definition) is 0. The lowest BCUT2D eigenvalue weighted by Crippen LogP contribution is -2.32. The molecule has 0 radical (unpaired) electrons. The fourth-order valence-corrected chi connectivity index (χ4v) is 7.64. The van der Waals surface area contributed by atoms with Gasteiger partial charge in [-0.1, -0.05) is 37.1 Å². The smallest absolute Gasteiger partial charge is 0.243 e. The van der Waals surface area contributed by atoms with Crippen molar-refractivity contribution < 1.29 is 13.2 Å². The molecule has 2 fully saturated rings. The summed E-state index contributed by atoms with van der Waals surface area (Å²) < 4.78 is 28.8. The second-order valence-electron chi connectivity index (χ2n) is 9.23. The largest absolute Gasteiger partial charge is 0.333 e. The number of nitrogens with zero attached hydrogens (tertiary/aromatic N) is 3. The normalized spacial score (nSPS) is 20.0. The van der Waals surface area contributed by atoms with Gasteiger partial charge in [-0.25, -0.2) is 13.4 Å². The second kappa shape index (κ2) is 10.1. The summed E-state index contributed by atoms with van der Waals surface area (Å²) in [5, 5.41) is 1.02. The fraction of sp³-hybridized carbons (Fsp3) is 0.462. The Kier molecular flexibility index (Phi) is 6.99. The van der Waals surface area contributed by atoms with E-state index in [1.807, 2.05) is 35.2 Å². The lowest BCUT2D eigenvalue weighted by molar-refractivity contribution is -0.132. The number of hydrogen-bond acceptors (Lipinski definition) is 5. The van der Waals surface area contributed by atoms with Crippen LogP contribution in [0.5, 0.6) is 0 Å². The number of carbonyl (C=O) groups excluding carboxylic acids is 1. The molecule has 0 spiro atoms. The number of sulfonamides is 1. The molecule has 5 rings (SSSR count). The molecule has 0 saturated carbocycles. The molecule has 0 aliphatic carbocycles. The number of para-hydroxylation sites is 1. The number of carbonyl (C=O) groups is 1. The monoisotopic (exact) mass is 497 g/mol. The molecular weight excluding hydrogens is 466 g/mol. The van der Waals surface area contributed by atoms with Gasteiger partial charge >= 0.3 is 0 Å². The number of aryl methyl sites for hydroxylation is 1. The first-order valence-corrected chi connectivity index (χ1v) is 14.5. The van der Waals surface area contributed by atoms with Gasteiger partial charge in [-0.3, -0.25) is 4.79 Å². The molecule has 2 aliphatic heterocycles. The molecule has 2 aliphatic rings. The van der Waals surface area contributed by atoms with Gasteiger partial charge in [0.25, 0.3) is 0 Å². The van der Waals surface area contributed by atoms with E-state index < -0.39 is 10.0 Å². The van der Waals surface area contributed by atoms with Crippen LogP contribution in [0.2, 0.25) is 0 Å². The summed E-state index contributed by atoms with van der Waals surface area (Å²) in [6.07, 6.45) is 7.00. The number of fused-ring (bicyclic) bond motifs is 1. The first-order chi connectivity index (χ1) is 16.5. The highest BCUT2D eigenvalue weighted by Gasteiger charge is 2.32. The van der Waals surface area contributed by atoms with E-state index in [1.165, 1.54) is 0 Å². The van der Waals surface area contributed by atoms with Crippen LogP contribution in [0.1, 0.15) is 61.6 Å². The maximum absolute atomic E-state index is 13.1. The van der Waals surface area contributed by atoms with Crippen LogP contribution in [-0.4, -0.2) is 48.1 Å². The number of likely N-dealkylation sites (tertiary alicyclic amines) is 1. The number of rotatable bonds is 6. The SMILES string of the molecule is O=C(CCc1ccc(S(=O)(=O)N2CCCCCC2)cc1)N1CCC[C@H]1c1nc2ccccc2s1. The lowest BCUT2D eigenvalue weighted by atomic mass is 10.1. The topological polar surface area (TPSA) is 70.6 Å². The number of thiazole rings is 1. The number of amides is 1. The highest BCUT2D eigenvalue weighted by molar-refractivity contribution is 7.89. The van der Waals surface area contributed by atoms with Crippen LogP contribution in [0.3, 0.4) is 0 Å². The summed E-state index contributed by atoms with van der Waals surface area (Å²) in [5.41, 5.74) is 1.98. The van der Waals surface area contributed by atoms with Gasteiger partial charge in [0.15, 0.2) is 0 Å². The molecule has 2 saturated heterocycles. The van der Waals surface area contributed by atoms with Crippen molar-refractivity contribution in [2.45, 2.75) is 62.3 Å². The molecule has 8 heteroatoms. The Morgan fingerprint density at radius 1 is 0.941 bits per heavy atom. The van der Waals surface area contributed by atoms with Crippen molar-refractivity contribution >= 4 is 37.5 Å². The Bertz CT molecular complexity index is 1210. The van der Waals surface area contributed by atoms with Crippen LogP contribution in [-0.2, 0) is 21.2 Å². The van der Waals surface area contributed by atoms with E-state index in [4.69, 9.17) is 4.98 Å². The van der Waals surface area contributed by atoms with E-state index in [0.717, 1.165) is 65.9 Å². The van der Waals surface area contributed by atoms with Gasteiger partial charge in [0.1, 0.15) is 5.01 Å². The Balaban J connectivity index is 1.22. The molecule has 3 heterocycles. The van der Waals surface area contributed by atoms with E-state index in [0.29, 0.717) is 30.8 Å². The molecule has 1 aromatic heterocycles. The fourth-order valence-electron chi connectivity index (χ4n) is 5.01. The van der Waals surface area contributed by atoms with Crippen LogP contribution in [0, 0.1) is 0 Å². The Labute approximate surface area is 205 Å². The molecular formula is C26H31N3O3S2. The summed E-state index contributed by atoms with van der Waals surface area (Å²) >= 11 is 1.68. The van der Waals surface area contributed by atoms with Gasteiger partial charge in [-0.15, -0.1) is 11.3 Å². The predicted molar refractivity (Wildman–Crippen MR) is 135 cm³/mol. The van der Waals surface area contributed by atoms with Crippen LogP contribution >= 0.6 is 11.3 Å². The summed E-state index contributed by atoms with van der Waals surface area (Å²) in [5.74, 6) is 0.142. The third-order valence-electron chi connectivity index (χ3n) is 6.92. The Morgan fingerprint density at radius 2 is 1.68 bits per heavy atom. The third kappa shape index (κ3) is 4.90. The van der Waals surface area contributed by atoms with Crippen molar-refractivity contribution in [3.8, 4) is 0 Å². The standard InChI is InChI=1S/C26H31N3O3S2/c30-25(29-19-7-9-23(29)26-27-22-8-3-4-10-24(22)33-26)16-13-20-11-14-21(15-12-20)34(31,32)28-17-5-1-2-6-18-28/h3-4,8,10-12,14-15,23H,1-2,5-7,9,13,16-19H2/t23-/m0/s1. The van der Waals surface area contributed by atoms with E-state index in [9.17, 15) is 13.2 Å². The minimum Gasteiger partial charge on any atom is -0.333 e. The molecule has 3 aromatic rings. The van der Waals surface area contributed by atoms with Crippen molar-refractivity contribution in [2.75, 3.05) is 19.6 Å². The van der Waals surface area contributed by atoms with Gasteiger partial charge < -0.3 is 4.90 Å². The van der Waals surface area contributed by atoms with Crippen molar-refractivity contribution in [3.05, 3.63) is 59.1 Å². The minimum atomic E-state index is -3.44. The molecule has 0 bridgehead atoms. The summed E-state index contributed by atoms with van der Waals surface area (Å²) in [6, 6.07) is 15.3. The highest BCUT2D eigenvalue weighted by Crippen LogP contribution is 2.36. The first kappa shape index (κ1) is 23.5. The van der Waals surface area contributed by atoms with Gasteiger partial charge in [-0.2, -0.15) is 4.31 Å². The maximum atomic E-state index is 13.1. The average Bonchev–Trinajstić information content (AvgIpc) is 3.42. The van der Waals surface area contributed by atoms with Crippen molar-refractivity contribution in [1.29, 1.82) is 0 Å². The zero-order chi connectivity index (χ0) is 23.5. The molecule has 180 valence electrons. The third-order valence-corrected chi connectivity index (χ3v) is 9.97. The van der Waals surface area contributed by atoms with Gasteiger partial charge in [0, 0.05) is 26.1 Å².